The van der Waals surface area contributed by atoms with Crippen LogP contribution in [-0.4, -0.2) is 26.8 Å². The van der Waals surface area contributed by atoms with Gasteiger partial charge < -0.3 is 4.42 Å². The van der Waals surface area contributed by atoms with Gasteiger partial charge >= 0.3 is 6.01 Å². The summed E-state index contributed by atoms with van der Waals surface area (Å²) in [6.45, 7) is 3.71. The van der Waals surface area contributed by atoms with Crippen LogP contribution in [0.25, 0.3) is 0 Å². The van der Waals surface area contributed by atoms with E-state index in [1.807, 2.05) is 24.3 Å². The molecule has 8 nitrogen and oxygen atoms in total. The van der Waals surface area contributed by atoms with Crippen LogP contribution in [0.1, 0.15) is 34.3 Å². The Bertz CT molecular complexity index is 1000. The second kappa shape index (κ2) is 8.66. The molecular weight excluding hydrogens is 380 g/mol. The Hall–Kier alpha value is -3.20. The zero-order chi connectivity index (χ0) is 20.1. The molecule has 28 heavy (non-hydrogen) atoms. The van der Waals surface area contributed by atoms with Gasteiger partial charge in [0.25, 0.3) is 11.6 Å². The highest BCUT2D eigenvalue weighted by Gasteiger charge is 2.17. The lowest BCUT2D eigenvalue weighted by Crippen LogP contribution is -2.12. The van der Waals surface area contributed by atoms with E-state index in [0.717, 1.165) is 11.3 Å². The largest absolute Gasteiger partial charge is 0.407 e. The molecule has 0 bridgehead atoms. The van der Waals surface area contributed by atoms with E-state index in [-0.39, 0.29) is 17.3 Å². The Morgan fingerprint density at radius 2 is 1.96 bits per heavy atom. The second-order valence-corrected chi connectivity index (χ2v) is 7.30. The van der Waals surface area contributed by atoms with Crippen LogP contribution >= 0.6 is 11.8 Å². The molecule has 0 aliphatic carbocycles. The van der Waals surface area contributed by atoms with Crippen LogP contribution < -0.4 is 5.32 Å². The molecule has 0 aliphatic heterocycles. The zero-order valence-corrected chi connectivity index (χ0v) is 16.2. The lowest BCUT2D eigenvalue weighted by Gasteiger charge is -2.02. The smallest absolute Gasteiger partial charge is 0.322 e. The number of thioether (sulfide) groups is 1. The Morgan fingerprint density at radius 3 is 2.64 bits per heavy atom. The van der Waals surface area contributed by atoms with Gasteiger partial charge in [0.15, 0.2) is 0 Å². The number of nitrogens with zero attached hydrogens (tertiary/aromatic N) is 3. The fraction of sp³-hybridized carbons (Fsp3) is 0.211. The molecule has 0 fully saturated rings. The molecule has 1 amide bonds. The monoisotopic (exact) mass is 398 g/mol. The fourth-order valence-electron chi connectivity index (χ4n) is 2.54. The molecule has 2 aromatic carbocycles. The lowest BCUT2D eigenvalue weighted by atomic mass is 10.1. The predicted molar refractivity (Wildman–Crippen MR) is 106 cm³/mol. The van der Waals surface area contributed by atoms with E-state index in [1.165, 1.54) is 23.1 Å². The summed E-state index contributed by atoms with van der Waals surface area (Å²) in [4.78, 5) is 24.0. The average Bonchev–Trinajstić information content (AvgIpc) is 3.10. The van der Waals surface area contributed by atoms with Crippen LogP contribution in [-0.2, 0) is 6.42 Å². The summed E-state index contributed by atoms with van der Waals surface area (Å²) < 4.78 is 5.47. The standard InChI is InChI=1S/C19H18N4O4S/c1-3-28-15-8-5-13(6-9-15)10-17-21-22-19(27-17)20-18(24)14-7-4-12(2)16(11-14)23(25)26/h4-9,11H,3,10H2,1-2H3,(H,20,22,24). The lowest BCUT2D eigenvalue weighted by molar-refractivity contribution is -0.385. The highest BCUT2D eigenvalue weighted by atomic mass is 32.2. The molecule has 0 saturated carbocycles. The molecule has 0 spiro atoms. The molecule has 0 saturated heterocycles. The third-order valence-electron chi connectivity index (χ3n) is 3.95. The Kier molecular flexibility index (Phi) is 6.05. The number of hydrogen-bond donors (Lipinski definition) is 1. The van der Waals surface area contributed by atoms with Crippen LogP contribution in [0.2, 0.25) is 0 Å². The Balaban J connectivity index is 1.66. The van der Waals surface area contributed by atoms with Gasteiger partial charge in [-0.05, 0) is 36.4 Å². The molecule has 1 aromatic heterocycles. The van der Waals surface area contributed by atoms with Crippen molar-refractivity contribution in [2.75, 3.05) is 11.1 Å². The number of benzene rings is 2. The number of carbonyl (C=O) groups excluding carboxylic acids is 1. The van der Waals surface area contributed by atoms with E-state index in [9.17, 15) is 14.9 Å². The SMILES string of the molecule is CCSc1ccc(Cc2nnc(NC(=O)c3ccc(C)c([N+](=O)[O-])c3)o2)cc1. The second-order valence-electron chi connectivity index (χ2n) is 5.97. The maximum absolute atomic E-state index is 12.3. The molecule has 0 aliphatic rings. The van der Waals surface area contributed by atoms with Gasteiger partial charge in [-0.15, -0.1) is 16.9 Å². The summed E-state index contributed by atoms with van der Waals surface area (Å²) >= 11 is 1.76. The molecule has 0 radical (unpaired) electrons. The number of nitro groups is 1. The van der Waals surface area contributed by atoms with E-state index in [1.54, 1.807) is 18.7 Å². The van der Waals surface area contributed by atoms with E-state index in [0.29, 0.717) is 17.9 Å². The molecule has 3 aromatic rings. The van der Waals surface area contributed by atoms with Crippen molar-refractivity contribution in [2.24, 2.45) is 0 Å². The van der Waals surface area contributed by atoms with Crippen LogP contribution in [0, 0.1) is 17.0 Å². The number of amides is 1. The normalized spacial score (nSPS) is 10.6. The van der Waals surface area contributed by atoms with E-state index in [4.69, 9.17) is 4.42 Å². The van der Waals surface area contributed by atoms with Gasteiger partial charge in [0.1, 0.15) is 0 Å². The number of nitro benzene ring substituents is 1. The summed E-state index contributed by atoms with van der Waals surface area (Å²) in [5, 5.41) is 21.2. The number of nitrogens with one attached hydrogen (secondary N) is 1. The van der Waals surface area contributed by atoms with Crippen molar-refractivity contribution in [3.63, 3.8) is 0 Å². The maximum Gasteiger partial charge on any atom is 0.322 e. The maximum atomic E-state index is 12.3. The first-order chi connectivity index (χ1) is 13.5. The minimum absolute atomic E-state index is 0.0543. The summed E-state index contributed by atoms with van der Waals surface area (Å²) in [7, 11) is 0. The summed E-state index contributed by atoms with van der Waals surface area (Å²) in [5.41, 5.74) is 1.51. The highest BCUT2D eigenvalue weighted by Crippen LogP contribution is 2.21. The molecule has 3 rings (SSSR count). The first-order valence-corrected chi connectivity index (χ1v) is 9.55. The fourth-order valence-corrected chi connectivity index (χ4v) is 3.20. The third-order valence-corrected chi connectivity index (χ3v) is 4.84. The van der Waals surface area contributed by atoms with Crippen molar-refractivity contribution in [1.29, 1.82) is 0 Å². The topological polar surface area (TPSA) is 111 Å². The average molecular weight is 398 g/mol. The Morgan fingerprint density at radius 1 is 1.21 bits per heavy atom. The number of anilines is 1. The molecule has 1 N–H and O–H groups in total. The van der Waals surface area contributed by atoms with Crippen LogP contribution in [0.5, 0.6) is 0 Å². The number of aromatic nitrogens is 2. The van der Waals surface area contributed by atoms with Crippen molar-refractivity contribution in [1.82, 2.24) is 10.2 Å². The summed E-state index contributed by atoms with van der Waals surface area (Å²) in [6, 6.07) is 12.2. The molecule has 144 valence electrons. The van der Waals surface area contributed by atoms with Gasteiger partial charge in [0.05, 0.1) is 11.3 Å². The van der Waals surface area contributed by atoms with E-state index >= 15 is 0 Å². The molecule has 1 heterocycles. The molecular formula is C19H18N4O4S. The van der Waals surface area contributed by atoms with Gasteiger partial charge in [-0.25, -0.2) is 0 Å². The van der Waals surface area contributed by atoms with Crippen molar-refractivity contribution in [3.05, 3.63) is 75.2 Å². The van der Waals surface area contributed by atoms with Gasteiger partial charge in [0, 0.05) is 22.1 Å². The van der Waals surface area contributed by atoms with Crippen LogP contribution in [0.3, 0.4) is 0 Å². The molecule has 9 heteroatoms. The summed E-state index contributed by atoms with van der Waals surface area (Å²) in [6.07, 6.45) is 0.440. The van der Waals surface area contributed by atoms with Crippen molar-refractivity contribution in [2.45, 2.75) is 25.2 Å². The minimum atomic E-state index is -0.556. The van der Waals surface area contributed by atoms with E-state index in [2.05, 4.69) is 22.4 Å². The van der Waals surface area contributed by atoms with Gasteiger partial charge in [0.2, 0.25) is 5.89 Å². The zero-order valence-electron chi connectivity index (χ0n) is 15.3. The predicted octanol–water partition coefficient (Wildman–Crippen LogP) is 4.24. The molecule has 0 atom stereocenters. The minimum Gasteiger partial charge on any atom is -0.407 e. The number of carbonyl (C=O) groups is 1. The van der Waals surface area contributed by atoms with Gasteiger partial charge in [-0.3, -0.25) is 20.2 Å². The van der Waals surface area contributed by atoms with Gasteiger partial charge in [-0.2, -0.15) is 0 Å². The first kappa shape index (κ1) is 19.6. The van der Waals surface area contributed by atoms with Crippen molar-refractivity contribution < 1.29 is 14.1 Å². The van der Waals surface area contributed by atoms with E-state index < -0.39 is 10.8 Å². The third kappa shape index (κ3) is 4.74. The quantitative estimate of drug-likeness (QED) is 0.360. The first-order valence-electron chi connectivity index (χ1n) is 8.56. The number of hydrogen-bond acceptors (Lipinski definition) is 7. The highest BCUT2D eigenvalue weighted by molar-refractivity contribution is 7.99. The Labute approximate surface area is 165 Å². The van der Waals surface area contributed by atoms with Crippen LogP contribution in [0.4, 0.5) is 11.7 Å². The van der Waals surface area contributed by atoms with Crippen molar-refractivity contribution in [3.8, 4) is 0 Å². The number of rotatable bonds is 7. The number of aryl methyl sites for hydroxylation is 1. The van der Waals surface area contributed by atoms with Gasteiger partial charge in [-0.1, -0.05) is 30.2 Å². The van der Waals surface area contributed by atoms with Crippen molar-refractivity contribution >= 4 is 29.4 Å². The van der Waals surface area contributed by atoms with Crippen LogP contribution in [0.15, 0.2) is 51.8 Å². The summed E-state index contributed by atoms with van der Waals surface area (Å²) in [5.74, 6) is 0.816. The molecule has 0 unspecified atom stereocenters.